The molecule has 2 aromatic carbocycles. The third-order valence-electron chi connectivity index (χ3n) is 7.37. The summed E-state index contributed by atoms with van der Waals surface area (Å²) >= 11 is 0. The minimum absolute atomic E-state index is 0.00641. The minimum atomic E-state index is -1.98. The highest BCUT2D eigenvalue weighted by Crippen LogP contribution is 2.42. The Morgan fingerprint density at radius 1 is 0.969 bits per heavy atom. The van der Waals surface area contributed by atoms with Gasteiger partial charge in [0.05, 0.1) is 24.2 Å². The molecule has 0 bridgehead atoms. The predicted molar refractivity (Wildman–Crippen MR) is 131 cm³/mol. The zero-order valence-electron chi connectivity index (χ0n) is 20.1. The van der Waals surface area contributed by atoms with E-state index in [1.165, 1.54) is 0 Å². The molecule has 2 heterocycles. The van der Waals surface area contributed by atoms with Crippen LogP contribution in [0.25, 0.3) is 0 Å². The topological polar surface area (TPSA) is 42.1 Å². The number of ether oxygens (including phenoxy) is 1. The molecule has 0 aromatic heterocycles. The average Bonchev–Trinajstić information content (AvgIpc) is 3.47. The molecule has 2 aliphatic rings. The second-order valence-corrected chi connectivity index (χ2v) is 15.6. The lowest BCUT2D eigenvalue weighted by atomic mass is 9.92. The fourth-order valence-electron chi connectivity index (χ4n) is 4.41. The average molecular weight is 452 g/mol. The molecular formula is C27H37NO3Si. The van der Waals surface area contributed by atoms with Crippen LogP contribution in [0.3, 0.4) is 0 Å². The van der Waals surface area contributed by atoms with Crippen molar-refractivity contribution in [3.63, 3.8) is 0 Å². The molecule has 0 unspecified atom stereocenters. The smallest absolute Gasteiger partial charge is 0.230 e. The Morgan fingerprint density at radius 3 is 2.19 bits per heavy atom. The van der Waals surface area contributed by atoms with E-state index in [-0.39, 0.29) is 35.2 Å². The van der Waals surface area contributed by atoms with Crippen molar-refractivity contribution in [1.29, 1.82) is 0 Å². The summed E-state index contributed by atoms with van der Waals surface area (Å²) < 4.78 is 12.9. The van der Waals surface area contributed by atoms with Crippen molar-refractivity contribution in [2.75, 3.05) is 6.54 Å². The van der Waals surface area contributed by atoms with Gasteiger partial charge >= 0.3 is 0 Å². The Kier molecular flexibility index (Phi) is 6.62. The van der Waals surface area contributed by atoms with Gasteiger partial charge in [-0.25, -0.2) is 0 Å². The van der Waals surface area contributed by atoms with Gasteiger partial charge in [-0.05, 0) is 35.7 Å². The van der Waals surface area contributed by atoms with E-state index >= 15 is 0 Å². The van der Waals surface area contributed by atoms with Crippen LogP contribution in [0.5, 0.6) is 0 Å². The maximum absolute atomic E-state index is 14.0. The third-order valence-corrected chi connectivity index (χ3v) is 11.9. The van der Waals surface area contributed by atoms with Gasteiger partial charge in [-0.3, -0.25) is 4.79 Å². The fourth-order valence-corrected chi connectivity index (χ4v) is 5.76. The minimum Gasteiger partial charge on any atom is -0.412 e. The SMILES string of the molecule is CC(C)(C)[Si](C)(C)O[C@@H]1C[C@H]2O[C@@H]2C[C@@H](c2ccccc2)C(=O)N(Cc2ccccc2)C1. The van der Waals surface area contributed by atoms with E-state index in [2.05, 4.69) is 58.1 Å². The highest BCUT2D eigenvalue weighted by molar-refractivity contribution is 6.74. The lowest BCUT2D eigenvalue weighted by Gasteiger charge is -2.40. The molecule has 172 valence electrons. The standard InChI is InChI=1S/C27H37NO3Si/c1-27(2,3)32(4,5)31-22-16-24-25(30-24)17-23(21-14-10-7-11-15-21)26(29)28(19-22)18-20-12-8-6-9-13-20/h6-15,22-25H,16-19H2,1-5H3/t22-,23+,24-,25-/m1/s1. The van der Waals surface area contributed by atoms with Crippen LogP contribution in [0, 0.1) is 0 Å². The molecule has 32 heavy (non-hydrogen) atoms. The van der Waals surface area contributed by atoms with Crippen molar-refractivity contribution in [3.8, 4) is 0 Å². The van der Waals surface area contributed by atoms with E-state index in [0.717, 1.165) is 24.0 Å². The second-order valence-electron chi connectivity index (χ2n) is 10.9. The number of epoxide rings is 1. The van der Waals surface area contributed by atoms with Gasteiger partial charge in [0.2, 0.25) is 5.91 Å². The molecule has 5 heteroatoms. The van der Waals surface area contributed by atoms with Gasteiger partial charge in [0, 0.05) is 19.5 Å². The third kappa shape index (κ3) is 5.33. The van der Waals surface area contributed by atoms with Crippen LogP contribution >= 0.6 is 0 Å². The first kappa shape index (κ1) is 23.2. The highest BCUT2D eigenvalue weighted by atomic mass is 28.4. The summed E-state index contributed by atoms with van der Waals surface area (Å²) in [5, 5.41) is 0.121. The first-order chi connectivity index (χ1) is 15.1. The summed E-state index contributed by atoms with van der Waals surface area (Å²) in [7, 11) is -1.98. The lowest BCUT2D eigenvalue weighted by molar-refractivity contribution is -0.135. The van der Waals surface area contributed by atoms with Crippen LogP contribution in [0.4, 0.5) is 0 Å². The van der Waals surface area contributed by atoms with Crippen LogP contribution in [0.2, 0.25) is 18.1 Å². The zero-order chi connectivity index (χ0) is 22.9. The summed E-state index contributed by atoms with van der Waals surface area (Å²) in [6, 6.07) is 20.5. The number of hydrogen-bond donors (Lipinski definition) is 0. The van der Waals surface area contributed by atoms with Crippen molar-refractivity contribution in [2.24, 2.45) is 0 Å². The summed E-state index contributed by atoms with van der Waals surface area (Å²) in [6.07, 6.45) is 1.93. The van der Waals surface area contributed by atoms with Gasteiger partial charge in [0.15, 0.2) is 8.32 Å². The summed E-state index contributed by atoms with van der Waals surface area (Å²) in [5.41, 5.74) is 2.23. The molecular weight excluding hydrogens is 414 g/mol. The number of carbonyl (C=O) groups excluding carboxylic acids is 1. The molecule has 4 atom stereocenters. The molecule has 0 saturated carbocycles. The maximum Gasteiger partial charge on any atom is 0.230 e. The van der Waals surface area contributed by atoms with Crippen LogP contribution in [-0.4, -0.2) is 44.0 Å². The van der Waals surface area contributed by atoms with Crippen LogP contribution < -0.4 is 0 Å². The van der Waals surface area contributed by atoms with Crippen molar-refractivity contribution < 1.29 is 14.0 Å². The van der Waals surface area contributed by atoms with Crippen molar-refractivity contribution in [1.82, 2.24) is 4.90 Å². The van der Waals surface area contributed by atoms with E-state index in [0.29, 0.717) is 13.1 Å². The number of fused-ring (bicyclic) bond motifs is 1. The van der Waals surface area contributed by atoms with Crippen LogP contribution in [0.15, 0.2) is 60.7 Å². The predicted octanol–water partition coefficient (Wildman–Crippen LogP) is 5.75. The van der Waals surface area contributed by atoms with E-state index in [9.17, 15) is 4.79 Å². The normalized spacial score (nSPS) is 26.7. The number of benzene rings is 2. The summed E-state index contributed by atoms with van der Waals surface area (Å²) in [4.78, 5) is 16.0. The van der Waals surface area contributed by atoms with Crippen molar-refractivity contribution in [2.45, 2.75) is 82.5 Å². The quantitative estimate of drug-likeness (QED) is 0.429. The molecule has 2 aromatic rings. The Balaban J connectivity index is 1.64. The molecule has 4 nitrogen and oxygen atoms in total. The van der Waals surface area contributed by atoms with Gasteiger partial charge in [-0.2, -0.15) is 0 Å². The van der Waals surface area contributed by atoms with Crippen LogP contribution in [0.1, 0.15) is 50.7 Å². The van der Waals surface area contributed by atoms with Gasteiger partial charge in [-0.15, -0.1) is 0 Å². The van der Waals surface area contributed by atoms with E-state index in [1.54, 1.807) is 0 Å². The number of carbonyl (C=O) groups is 1. The number of rotatable bonds is 5. The first-order valence-electron chi connectivity index (χ1n) is 11.8. The molecule has 2 saturated heterocycles. The molecule has 4 rings (SSSR count). The Hall–Kier alpha value is -1.95. The molecule has 0 N–H and O–H groups in total. The molecule has 2 fully saturated rings. The Morgan fingerprint density at radius 2 is 1.56 bits per heavy atom. The molecule has 1 amide bonds. The summed E-state index contributed by atoms with van der Waals surface area (Å²) in [5.74, 6) is 0.00145. The number of amides is 1. The van der Waals surface area contributed by atoms with Crippen molar-refractivity contribution >= 4 is 14.2 Å². The molecule has 2 aliphatic heterocycles. The highest BCUT2D eigenvalue weighted by Gasteiger charge is 2.48. The Labute approximate surface area is 194 Å². The van der Waals surface area contributed by atoms with Crippen molar-refractivity contribution in [3.05, 3.63) is 71.8 Å². The second kappa shape index (κ2) is 9.12. The van der Waals surface area contributed by atoms with Gasteiger partial charge in [-0.1, -0.05) is 81.4 Å². The maximum atomic E-state index is 14.0. The molecule has 0 aliphatic carbocycles. The largest absolute Gasteiger partial charge is 0.412 e. The molecule has 0 spiro atoms. The van der Waals surface area contributed by atoms with E-state index < -0.39 is 8.32 Å². The number of nitrogens with zero attached hydrogens (tertiary/aromatic N) is 1. The zero-order valence-corrected chi connectivity index (χ0v) is 21.1. The monoisotopic (exact) mass is 451 g/mol. The Bertz CT molecular complexity index is 910. The van der Waals surface area contributed by atoms with Gasteiger partial charge in [0.1, 0.15) is 0 Å². The lowest BCUT2D eigenvalue weighted by Crippen LogP contribution is -2.48. The summed E-state index contributed by atoms with van der Waals surface area (Å²) in [6.45, 7) is 12.6. The van der Waals surface area contributed by atoms with Gasteiger partial charge < -0.3 is 14.1 Å². The first-order valence-corrected chi connectivity index (χ1v) is 14.8. The van der Waals surface area contributed by atoms with Crippen LogP contribution in [-0.2, 0) is 20.5 Å². The van der Waals surface area contributed by atoms with E-state index in [4.69, 9.17) is 9.16 Å². The number of hydrogen-bond acceptors (Lipinski definition) is 3. The molecule has 0 radical (unpaired) electrons. The van der Waals surface area contributed by atoms with E-state index in [1.807, 2.05) is 41.3 Å². The van der Waals surface area contributed by atoms with Gasteiger partial charge in [0.25, 0.3) is 0 Å². The fraction of sp³-hybridized carbons (Fsp3) is 0.519.